The van der Waals surface area contributed by atoms with Crippen LogP contribution in [0.25, 0.3) is 0 Å². The Kier molecular flexibility index (Phi) is 2.44. The van der Waals surface area contributed by atoms with Crippen LogP contribution < -0.4 is 5.73 Å². The number of rotatable bonds is 2. The number of hydrogen-bond acceptors (Lipinski definition) is 3. The van der Waals surface area contributed by atoms with E-state index in [9.17, 15) is 4.79 Å². The average molecular weight is 206 g/mol. The molecule has 0 amide bonds. The van der Waals surface area contributed by atoms with E-state index >= 15 is 0 Å². The normalized spacial score (nSPS) is 24.6. The summed E-state index contributed by atoms with van der Waals surface area (Å²) in [5, 5.41) is 8.86. The second-order valence-electron chi connectivity index (χ2n) is 4.11. The third kappa shape index (κ3) is 1.85. The number of carbonyl (C=O) groups is 1. The molecule has 0 bridgehead atoms. The van der Waals surface area contributed by atoms with Crippen molar-refractivity contribution in [3.63, 3.8) is 0 Å². The predicted molar refractivity (Wildman–Crippen MR) is 55.3 cm³/mol. The first-order valence-corrected chi connectivity index (χ1v) is 5.06. The molecule has 1 atom stereocenters. The number of nitrogens with zero attached hydrogens (tertiary/aromatic N) is 1. The molecule has 1 aromatic rings. The molecule has 0 fully saturated rings. The van der Waals surface area contributed by atoms with Crippen LogP contribution >= 0.6 is 0 Å². The lowest BCUT2D eigenvalue weighted by atomic mass is 9.76. The van der Waals surface area contributed by atoms with Crippen LogP contribution in [0.3, 0.4) is 0 Å². The van der Waals surface area contributed by atoms with Gasteiger partial charge in [0.15, 0.2) is 0 Å². The van der Waals surface area contributed by atoms with Crippen molar-refractivity contribution in [2.24, 2.45) is 5.73 Å². The van der Waals surface area contributed by atoms with Gasteiger partial charge in [-0.3, -0.25) is 9.78 Å². The standard InChI is InChI=1S/C11H14N2O2/c12-11(6-10(14)15)4-1-2-8-7-13-5-3-9(8)11/h3,5,7H,1-2,4,6,12H2,(H,14,15)/t11-/m0/s1. The number of nitrogens with two attached hydrogens (primary N) is 1. The van der Waals surface area contributed by atoms with E-state index in [-0.39, 0.29) is 6.42 Å². The molecule has 4 nitrogen and oxygen atoms in total. The van der Waals surface area contributed by atoms with Crippen LogP contribution in [0.2, 0.25) is 0 Å². The fraction of sp³-hybridized carbons (Fsp3) is 0.455. The van der Waals surface area contributed by atoms with E-state index in [4.69, 9.17) is 10.8 Å². The summed E-state index contributed by atoms with van der Waals surface area (Å²) in [6.45, 7) is 0. The molecule has 80 valence electrons. The number of hydrogen-bond donors (Lipinski definition) is 2. The molecular weight excluding hydrogens is 192 g/mol. The maximum Gasteiger partial charge on any atom is 0.305 e. The van der Waals surface area contributed by atoms with E-state index < -0.39 is 11.5 Å². The summed E-state index contributed by atoms with van der Waals surface area (Å²) in [4.78, 5) is 14.8. The third-order valence-electron chi connectivity index (χ3n) is 2.98. The summed E-state index contributed by atoms with van der Waals surface area (Å²) in [5.41, 5.74) is 7.50. The van der Waals surface area contributed by atoms with Gasteiger partial charge in [-0.25, -0.2) is 0 Å². The lowest BCUT2D eigenvalue weighted by Gasteiger charge is -2.34. The Hall–Kier alpha value is -1.42. The van der Waals surface area contributed by atoms with Gasteiger partial charge in [-0.2, -0.15) is 0 Å². The van der Waals surface area contributed by atoms with Gasteiger partial charge in [0.25, 0.3) is 0 Å². The quantitative estimate of drug-likeness (QED) is 0.758. The van der Waals surface area contributed by atoms with Crippen molar-refractivity contribution in [3.05, 3.63) is 29.6 Å². The van der Waals surface area contributed by atoms with E-state index in [2.05, 4.69) is 4.98 Å². The molecule has 0 saturated carbocycles. The Morgan fingerprint density at radius 1 is 1.67 bits per heavy atom. The van der Waals surface area contributed by atoms with E-state index in [1.807, 2.05) is 6.07 Å². The molecule has 0 saturated heterocycles. The Morgan fingerprint density at radius 3 is 3.20 bits per heavy atom. The van der Waals surface area contributed by atoms with Gasteiger partial charge in [-0.05, 0) is 36.5 Å². The highest BCUT2D eigenvalue weighted by Crippen LogP contribution is 2.35. The van der Waals surface area contributed by atoms with Crippen LogP contribution in [0, 0.1) is 0 Å². The molecule has 4 heteroatoms. The Bertz CT molecular complexity index is 392. The van der Waals surface area contributed by atoms with Crippen molar-refractivity contribution < 1.29 is 9.90 Å². The zero-order valence-corrected chi connectivity index (χ0v) is 8.44. The van der Waals surface area contributed by atoms with Gasteiger partial charge < -0.3 is 10.8 Å². The fourth-order valence-electron chi connectivity index (χ4n) is 2.29. The van der Waals surface area contributed by atoms with E-state index in [1.54, 1.807) is 12.4 Å². The highest BCUT2D eigenvalue weighted by molar-refractivity contribution is 5.69. The summed E-state index contributed by atoms with van der Waals surface area (Å²) in [7, 11) is 0. The molecule has 0 aliphatic heterocycles. The third-order valence-corrected chi connectivity index (χ3v) is 2.98. The highest BCUT2D eigenvalue weighted by Gasteiger charge is 2.34. The Labute approximate surface area is 88.1 Å². The number of carboxylic acids is 1. The SMILES string of the molecule is N[C@]1(CC(=O)O)CCCc2cnccc21. The van der Waals surface area contributed by atoms with Crippen LogP contribution in [0.1, 0.15) is 30.4 Å². The molecule has 3 N–H and O–H groups in total. The minimum Gasteiger partial charge on any atom is -0.481 e. The summed E-state index contributed by atoms with van der Waals surface area (Å²) >= 11 is 0. The molecule has 0 aromatic carbocycles. The minimum atomic E-state index is -0.845. The monoisotopic (exact) mass is 206 g/mol. The summed E-state index contributed by atoms with van der Waals surface area (Å²) in [6, 6.07) is 1.84. The van der Waals surface area contributed by atoms with Crippen molar-refractivity contribution in [3.8, 4) is 0 Å². The number of aryl methyl sites for hydroxylation is 1. The van der Waals surface area contributed by atoms with Crippen LogP contribution in [-0.4, -0.2) is 16.1 Å². The first-order valence-electron chi connectivity index (χ1n) is 5.06. The molecular formula is C11H14N2O2. The van der Waals surface area contributed by atoms with Crippen LogP contribution in [0.4, 0.5) is 0 Å². The maximum absolute atomic E-state index is 10.8. The summed E-state index contributed by atoms with van der Waals surface area (Å²) < 4.78 is 0. The number of carboxylic acid groups (broad SMARTS) is 1. The molecule has 0 radical (unpaired) electrons. The van der Waals surface area contributed by atoms with Gasteiger partial charge in [0.05, 0.1) is 12.0 Å². The molecule has 1 aliphatic carbocycles. The minimum absolute atomic E-state index is 0.00991. The van der Waals surface area contributed by atoms with Gasteiger partial charge in [0.2, 0.25) is 0 Å². The van der Waals surface area contributed by atoms with Gasteiger partial charge in [0, 0.05) is 12.4 Å². The zero-order chi connectivity index (χ0) is 10.9. The van der Waals surface area contributed by atoms with Crippen molar-refractivity contribution >= 4 is 5.97 Å². The van der Waals surface area contributed by atoms with Crippen molar-refractivity contribution in [1.82, 2.24) is 4.98 Å². The van der Waals surface area contributed by atoms with Crippen molar-refractivity contribution in [1.29, 1.82) is 0 Å². The number of aliphatic carboxylic acids is 1. The summed E-state index contributed by atoms with van der Waals surface area (Å²) in [6.07, 6.45) is 6.07. The fourth-order valence-corrected chi connectivity index (χ4v) is 2.29. The van der Waals surface area contributed by atoms with E-state index in [0.29, 0.717) is 0 Å². The zero-order valence-electron chi connectivity index (χ0n) is 8.44. The molecule has 1 heterocycles. The van der Waals surface area contributed by atoms with E-state index in [0.717, 1.165) is 30.4 Å². The molecule has 0 unspecified atom stereocenters. The van der Waals surface area contributed by atoms with Crippen molar-refractivity contribution in [2.75, 3.05) is 0 Å². The molecule has 2 rings (SSSR count). The Morgan fingerprint density at radius 2 is 2.47 bits per heavy atom. The highest BCUT2D eigenvalue weighted by atomic mass is 16.4. The topological polar surface area (TPSA) is 76.2 Å². The number of aromatic nitrogens is 1. The second kappa shape index (κ2) is 3.62. The number of pyridine rings is 1. The van der Waals surface area contributed by atoms with Gasteiger partial charge in [-0.15, -0.1) is 0 Å². The first-order chi connectivity index (χ1) is 7.12. The van der Waals surface area contributed by atoms with Gasteiger partial charge >= 0.3 is 5.97 Å². The smallest absolute Gasteiger partial charge is 0.305 e. The molecule has 0 spiro atoms. The summed E-state index contributed by atoms with van der Waals surface area (Å²) in [5.74, 6) is -0.845. The Balaban J connectivity index is 2.40. The predicted octanol–water partition coefficient (Wildman–Crippen LogP) is 1.05. The second-order valence-corrected chi connectivity index (χ2v) is 4.11. The van der Waals surface area contributed by atoms with Gasteiger partial charge in [0.1, 0.15) is 0 Å². The van der Waals surface area contributed by atoms with Gasteiger partial charge in [-0.1, -0.05) is 0 Å². The van der Waals surface area contributed by atoms with Crippen molar-refractivity contribution in [2.45, 2.75) is 31.2 Å². The van der Waals surface area contributed by atoms with Crippen LogP contribution in [0.15, 0.2) is 18.5 Å². The maximum atomic E-state index is 10.8. The first kappa shape index (κ1) is 10.1. The lowest BCUT2D eigenvalue weighted by molar-refractivity contribution is -0.138. The average Bonchev–Trinajstić information content (AvgIpc) is 2.17. The van der Waals surface area contributed by atoms with Crippen LogP contribution in [-0.2, 0) is 16.8 Å². The largest absolute Gasteiger partial charge is 0.481 e. The molecule has 15 heavy (non-hydrogen) atoms. The van der Waals surface area contributed by atoms with Crippen LogP contribution in [0.5, 0.6) is 0 Å². The lowest BCUT2D eigenvalue weighted by Crippen LogP contribution is -2.42. The number of fused-ring (bicyclic) bond motifs is 1. The molecule has 1 aromatic heterocycles. The molecule has 1 aliphatic rings. The van der Waals surface area contributed by atoms with E-state index in [1.165, 1.54) is 0 Å².